The van der Waals surface area contributed by atoms with Crippen molar-refractivity contribution in [3.05, 3.63) is 29.8 Å². The Labute approximate surface area is 98.6 Å². The number of carbonyl (C=O) groups excluding carboxylic acids is 1. The average molecular weight is 222 g/mol. The smallest absolute Gasteiger partial charge is 0.150 e. The standard InChI is InChI=1S/C10H12O2.C4H10/c1-2-7-12-10-5-3-9(8-11)4-6-10;1-4(2)3/h3-6,8H,2,7H2,1H3;4H,1-3H3. The highest BCUT2D eigenvalue weighted by Crippen LogP contribution is 2.10. The van der Waals surface area contributed by atoms with Gasteiger partial charge in [-0.15, -0.1) is 0 Å². The van der Waals surface area contributed by atoms with Gasteiger partial charge in [0.2, 0.25) is 0 Å². The normalized spacial score (nSPS) is 9.31. The van der Waals surface area contributed by atoms with Crippen LogP contribution in [0.3, 0.4) is 0 Å². The van der Waals surface area contributed by atoms with Gasteiger partial charge in [-0.25, -0.2) is 0 Å². The van der Waals surface area contributed by atoms with Crippen LogP contribution in [0.5, 0.6) is 5.75 Å². The molecule has 1 aromatic carbocycles. The van der Waals surface area contributed by atoms with E-state index < -0.39 is 0 Å². The topological polar surface area (TPSA) is 26.3 Å². The molecule has 0 amide bonds. The summed E-state index contributed by atoms with van der Waals surface area (Å²) in [6.07, 6.45) is 1.82. The van der Waals surface area contributed by atoms with Gasteiger partial charge < -0.3 is 4.74 Å². The molecule has 90 valence electrons. The molecule has 1 aromatic rings. The molecule has 2 nitrogen and oxygen atoms in total. The van der Waals surface area contributed by atoms with Gasteiger partial charge in [0.05, 0.1) is 6.61 Å². The fraction of sp³-hybridized carbons (Fsp3) is 0.500. The predicted octanol–water partition coefficient (Wildman–Crippen LogP) is 3.95. The van der Waals surface area contributed by atoms with E-state index in [1.165, 1.54) is 0 Å². The molecule has 0 heterocycles. The first-order chi connectivity index (χ1) is 7.60. The monoisotopic (exact) mass is 222 g/mol. The van der Waals surface area contributed by atoms with E-state index in [2.05, 4.69) is 27.7 Å². The van der Waals surface area contributed by atoms with Gasteiger partial charge in [-0.05, 0) is 36.6 Å². The van der Waals surface area contributed by atoms with Crippen LogP contribution in [0, 0.1) is 5.92 Å². The number of rotatable bonds is 4. The van der Waals surface area contributed by atoms with E-state index in [-0.39, 0.29) is 0 Å². The van der Waals surface area contributed by atoms with Crippen molar-refractivity contribution < 1.29 is 9.53 Å². The summed E-state index contributed by atoms with van der Waals surface area (Å²) in [5.74, 6) is 1.66. The Morgan fingerprint density at radius 3 is 2.06 bits per heavy atom. The van der Waals surface area contributed by atoms with Gasteiger partial charge in [0.1, 0.15) is 12.0 Å². The van der Waals surface area contributed by atoms with Gasteiger partial charge in [-0.2, -0.15) is 0 Å². The molecular formula is C14H22O2. The van der Waals surface area contributed by atoms with Crippen molar-refractivity contribution in [2.45, 2.75) is 34.1 Å². The predicted molar refractivity (Wildman–Crippen MR) is 68.1 cm³/mol. The molecule has 0 aliphatic rings. The zero-order valence-corrected chi connectivity index (χ0v) is 10.7. The summed E-state index contributed by atoms with van der Waals surface area (Å²) in [5, 5.41) is 0. The van der Waals surface area contributed by atoms with Crippen LogP contribution in [0.4, 0.5) is 0 Å². The van der Waals surface area contributed by atoms with Crippen molar-refractivity contribution >= 4 is 6.29 Å². The zero-order valence-electron chi connectivity index (χ0n) is 10.7. The zero-order chi connectivity index (χ0) is 12.4. The van der Waals surface area contributed by atoms with Crippen LogP contribution in [-0.2, 0) is 0 Å². The summed E-state index contributed by atoms with van der Waals surface area (Å²) in [6, 6.07) is 7.11. The van der Waals surface area contributed by atoms with E-state index in [1.54, 1.807) is 24.3 Å². The molecule has 0 atom stereocenters. The second kappa shape index (κ2) is 8.96. The quantitative estimate of drug-likeness (QED) is 0.721. The lowest BCUT2D eigenvalue weighted by molar-refractivity contribution is 0.112. The first-order valence-corrected chi connectivity index (χ1v) is 5.78. The molecule has 0 saturated heterocycles. The molecule has 0 aliphatic carbocycles. The lowest BCUT2D eigenvalue weighted by Crippen LogP contribution is -1.94. The third kappa shape index (κ3) is 8.04. The number of aldehydes is 1. The highest BCUT2D eigenvalue weighted by molar-refractivity contribution is 5.74. The van der Waals surface area contributed by atoms with Gasteiger partial charge in [0.25, 0.3) is 0 Å². The third-order valence-corrected chi connectivity index (χ3v) is 1.49. The van der Waals surface area contributed by atoms with Crippen LogP contribution in [0.15, 0.2) is 24.3 Å². The number of benzene rings is 1. The molecule has 16 heavy (non-hydrogen) atoms. The molecular weight excluding hydrogens is 200 g/mol. The molecule has 0 spiro atoms. The van der Waals surface area contributed by atoms with Crippen molar-refractivity contribution in [3.63, 3.8) is 0 Å². The fourth-order valence-corrected chi connectivity index (χ4v) is 0.863. The maximum absolute atomic E-state index is 10.3. The average Bonchev–Trinajstić information content (AvgIpc) is 2.26. The molecule has 2 heteroatoms. The third-order valence-electron chi connectivity index (χ3n) is 1.49. The van der Waals surface area contributed by atoms with Crippen LogP contribution in [0.1, 0.15) is 44.5 Å². The molecule has 0 aromatic heterocycles. The van der Waals surface area contributed by atoms with Crippen LogP contribution >= 0.6 is 0 Å². The molecule has 1 rings (SSSR count). The van der Waals surface area contributed by atoms with E-state index in [1.807, 2.05) is 0 Å². The van der Waals surface area contributed by atoms with Crippen molar-refractivity contribution in [2.24, 2.45) is 5.92 Å². The number of carbonyl (C=O) groups is 1. The van der Waals surface area contributed by atoms with E-state index in [4.69, 9.17) is 4.74 Å². The van der Waals surface area contributed by atoms with Gasteiger partial charge in [-0.1, -0.05) is 27.7 Å². The maximum atomic E-state index is 10.3. The van der Waals surface area contributed by atoms with Crippen molar-refractivity contribution in [3.8, 4) is 5.75 Å². The second-order valence-corrected chi connectivity index (χ2v) is 4.27. The minimum Gasteiger partial charge on any atom is -0.494 e. The Hall–Kier alpha value is -1.31. The van der Waals surface area contributed by atoms with Crippen LogP contribution in [0.25, 0.3) is 0 Å². The Balaban J connectivity index is 0.000000487. The summed E-state index contributed by atoms with van der Waals surface area (Å²) in [4.78, 5) is 10.3. The van der Waals surface area contributed by atoms with Crippen LogP contribution in [0.2, 0.25) is 0 Å². The van der Waals surface area contributed by atoms with Gasteiger partial charge in [0, 0.05) is 5.56 Å². The van der Waals surface area contributed by atoms with E-state index >= 15 is 0 Å². The second-order valence-electron chi connectivity index (χ2n) is 4.27. The van der Waals surface area contributed by atoms with E-state index in [9.17, 15) is 4.79 Å². The van der Waals surface area contributed by atoms with Crippen molar-refractivity contribution in [2.75, 3.05) is 6.61 Å². The molecule has 0 radical (unpaired) electrons. The summed E-state index contributed by atoms with van der Waals surface area (Å²) < 4.78 is 5.34. The Morgan fingerprint density at radius 1 is 1.19 bits per heavy atom. The van der Waals surface area contributed by atoms with Crippen molar-refractivity contribution in [1.82, 2.24) is 0 Å². The first-order valence-electron chi connectivity index (χ1n) is 5.78. The van der Waals surface area contributed by atoms with Crippen LogP contribution < -0.4 is 4.74 Å². The van der Waals surface area contributed by atoms with E-state index in [0.717, 1.165) is 31.0 Å². The maximum Gasteiger partial charge on any atom is 0.150 e. The molecule has 0 aliphatic heterocycles. The largest absolute Gasteiger partial charge is 0.494 e. The number of hydrogen-bond acceptors (Lipinski definition) is 2. The van der Waals surface area contributed by atoms with Crippen molar-refractivity contribution in [1.29, 1.82) is 0 Å². The summed E-state index contributed by atoms with van der Waals surface area (Å²) in [6.45, 7) is 9.28. The molecule has 0 bridgehead atoms. The molecule has 0 saturated carbocycles. The Bertz CT molecular complexity index is 273. The number of ether oxygens (including phenoxy) is 1. The Morgan fingerprint density at radius 2 is 1.69 bits per heavy atom. The number of hydrogen-bond donors (Lipinski definition) is 0. The highest BCUT2D eigenvalue weighted by atomic mass is 16.5. The lowest BCUT2D eigenvalue weighted by Gasteiger charge is -2.02. The van der Waals surface area contributed by atoms with Gasteiger partial charge >= 0.3 is 0 Å². The SMILES string of the molecule is CC(C)C.CCCOc1ccc(C=O)cc1. The van der Waals surface area contributed by atoms with E-state index in [0.29, 0.717) is 5.56 Å². The lowest BCUT2D eigenvalue weighted by atomic mass is 10.2. The molecule has 0 N–H and O–H groups in total. The molecule has 0 fully saturated rings. The highest BCUT2D eigenvalue weighted by Gasteiger charge is 1.92. The van der Waals surface area contributed by atoms with Gasteiger partial charge in [-0.3, -0.25) is 4.79 Å². The minimum absolute atomic E-state index is 0.679. The first kappa shape index (κ1) is 14.7. The Kier molecular flexibility index (Phi) is 8.22. The fourth-order valence-electron chi connectivity index (χ4n) is 0.863. The summed E-state index contributed by atoms with van der Waals surface area (Å²) in [7, 11) is 0. The summed E-state index contributed by atoms with van der Waals surface area (Å²) in [5.41, 5.74) is 0.679. The molecule has 0 unspecified atom stereocenters. The summed E-state index contributed by atoms with van der Waals surface area (Å²) >= 11 is 0. The van der Waals surface area contributed by atoms with Crippen LogP contribution in [-0.4, -0.2) is 12.9 Å². The van der Waals surface area contributed by atoms with Gasteiger partial charge in [0.15, 0.2) is 0 Å². The minimum atomic E-state index is 0.679.